The number of hydrogen-bond donors (Lipinski definition) is 1. The Hall–Kier alpha value is -0.780. The van der Waals surface area contributed by atoms with Gasteiger partial charge in [-0.2, -0.15) is 11.8 Å². The molecule has 0 radical (unpaired) electrons. The molecular weight excluding hydrogens is 265 g/mol. The first-order chi connectivity index (χ1) is 8.04. The highest BCUT2D eigenvalue weighted by molar-refractivity contribution is 7.98. The van der Waals surface area contributed by atoms with Crippen LogP contribution in [0.3, 0.4) is 0 Å². The third kappa shape index (κ3) is 4.53. The van der Waals surface area contributed by atoms with Crippen molar-refractivity contribution in [2.45, 2.75) is 11.8 Å². The normalized spacial score (nSPS) is 12.2. The van der Waals surface area contributed by atoms with Gasteiger partial charge in [-0.15, -0.1) is 0 Å². The van der Waals surface area contributed by atoms with Gasteiger partial charge in [0.15, 0.2) is 0 Å². The Morgan fingerprint density at radius 2 is 2.35 bits per heavy atom. The Kier molecular flexibility index (Phi) is 5.74. The predicted octanol–water partition coefficient (Wildman–Crippen LogP) is 2.21. The molecule has 0 fully saturated rings. The van der Waals surface area contributed by atoms with Crippen LogP contribution in [0.2, 0.25) is 5.02 Å². The summed E-state index contributed by atoms with van der Waals surface area (Å²) in [6, 6.07) is 3.97. The van der Waals surface area contributed by atoms with Gasteiger partial charge in [0.1, 0.15) is 11.9 Å². The molecule has 0 aromatic heterocycles. The van der Waals surface area contributed by atoms with Crippen molar-refractivity contribution in [1.29, 1.82) is 0 Å². The zero-order chi connectivity index (χ0) is 12.8. The number of hydrogen-bond acceptors (Lipinski definition) is 4. The van der Waals surface area contributed by atoms with E-state index in [9.17, 15) is 9.18 Å². The summed E-state index contributed by atoms with van der Waals surface area (Å²) in [5, 5.41) is 0.102. The van der Waals surface area contributed by atoms with Gasteiger partial charge in [0.2, 0.25) is 0 Å². The van der Waals surface area contributed by atoms with Crippen molar-refractivity contribution in [2.75, 3.05) is 12.9 Å². The fourth-order valence-electron chi connectivity index (χ4n) is 1.15. The van der Waals surface area contributed by atoms with E-state index in [2.05, 4.69) is 4.74 Å². The number of nitrogens with two attached hydrogens (primary N) is 1. The quantitative estimate of drug-likeness (QED) is 0.839. The van der Waals surface area contributed by atoms with Crippen molar-refractivity contribution in [1.82, 2.24) is 0 Å². The second kappa shape index (κ2) is 6.83. The van der Waals surface area contributed by atoms with E-state index in [0.717, 1.165) is 5.56 Å². The molecule has 0 aliphatic heterocycles. The number of esters is 1. The molecule has 0 saturated heterocycles. The van der Waals surface area contributed by atoms with Gasteiger partial charge >= 0.3 is 5.97 Å². The number of carbonyl (C=O) groups is 1. The topological polar surface area (TPSA) is 52.3 Å². The summed E-state index contributed by atoms with van der Waals surface area (Å²) < 4.78 is 17.6. The zero-order valence-electron chi connectivity index (χ0n) is 9.28. The van der Waals surface area contributed by atoms with E-state index in [4.69, 9.17) is 17.3 Å². The summed E-state index contributed by atoms with van der Waals surface area (Å²) in [6.07, 6.45) is 0. The second-order valence-corrected chi connectivity index (χ2v) is 4.83. The Morgan fingerprint density at radius 3 is 2.94 bits per heavy atom. The highest BCUT2D eigenvalue weighted by Crippen LogP contribution is 2.19. The molecule has 0 aliphatic carbocycles. The van der Waals surface area contributed by atoms with Crippen molar-refractivity contribution >= 4 is 29.3 Å². The molecule has 1 rings (SSSR count). The molecule has 0 spiro atoms. The maximum absolute atomic E-state index is 13.1. The molecular formula is C11H13ClFNO2S. The van der Waals surface area contributed by atoms with E-state index >= 15 is 0 Å². The molecule has 3 nitrogen and oxygen atoms in total. The molecule has 6 heteroatoms. The number of rotatable bonds is 5. The third-order valence-corrected chi connectivity index (χ3v) is 3.49. The van der Waals surface area contributed by atoms with Crippen LogP contribution in [0, 0.1) is 5.82 Å². The minimum atomic E-state index is -0.651. The van der Waals surface area contributed by atoms with E-state index in [1.165, 1.54) is 31.0 Å². The summed E-state index contributed by atoms with van der Waals surface area (Å²) in [5.74, 6) is 0.109. The molecule has 0 aliphatic rings. The molecule has 1 aromatic rings. The first kappa shape index (κ1) is 14.3. The predicted molar refractivity (Wildman–Crippen MR) is 67.6 cm³/mol. The smallest absolute Gasteiger partial charge is 0.323 e. The number of halogens is 2. The Balaban J connectivity index is 2.40. The van der Waals surface area contributed by atoms with Crippen LogP contribution in [0.5, 0.6) is 0 Å². The van der Waals surface area contributed by atoms with Gasteiger partial charge in [-0.1, -0.05) is 17.7 Å². The number of carbonyl (C=O) groups excluding carboxylic acids is 1. The van der Waals surface area contributed by atoms with Gasteiger partial charge in [-0.3, -0.25) is 4.79 Å². The standard InChI is InChI=1S/C11H13ClFNO2S/c1-16-11(15)10(14)6-17-5-7-2-3-8(12)9(13)4-7/h2-4,10H,5-6,14H2,1H3. The largest absolute Gasteiger partial charge is 0.468 e. The number of methoxy groups -OCH3 is 1. The van der Waals surface area contributed by atoms with E-state index in [0.29, 0.717) is 11.5 Å². The highest BCUT2D eigenvalue weighted by atomic mass is 35.5. The van der Waals surface area contributed by atoms with Crippen LogP contribution >= 0.6 is 23.4 Å². The second-order valence-electron chi connectivity index (χ2n) is 3.39. The molecule has 1 aromatic carbocycles. The molecule has 0 heterocycles. The van der Waals surface area contributed by atoms with Crippen molar-refractivity contribution < 1.29 is 13.9 Å². The summed E-state index contributed by atoms with van der Waals surface area (Å²) in [4.78, 5) is 11.0. The summed E-state index contributed by atoms with van der Waals surface area (Å²) in [7, 11) is 1.29. The molecule has 0 saturated carbocycles. The Labute approximate surface area is 108 Å². The molecule has 17 heavy (non-hydrogen) atoms. The fourth-order valence-corrected chi connectivity index (χ4v) is 2.19. The van der Waals surface area contributed by atoms with Crippen molar-refractivity contribution in [3.8, 4) is 0 Å². The number of ether oxygens (including phenoxy) is 1. The monoisotopic (exact) mass is 277 g/mol. The van der Waals surface area contributed by atoms with Gasteiger partial charge in [-0.05, 0) is 17.7 Å². The van der Waals surface area contributed by atoms with Crippen molar-refractivity contribution in [3.63, 3.8) is 0 Å². The lowest BCUT2D eigenvalue weighted by Gasteiger charge is -2.08. The van der Waals surface area contributed by atoms with Crippen LogP contribution in [0.25, 0.3) is 0 Å². The molecule has 0 amide bonds. The van der Waals surface area contributed by atoms with Gasteiger partial charge in [0, 0.05) is 11.5 Å². The van der Waals surface area contributed by atoms with Gasteiger partial charge in [0.05, 0.1) is 12.1 Å². The number of benzene rings is 1. The molecule has 1 unspecified atom stereocenters. The van der Waals surface area contributed by atoms with Crippen LogP contribution < -0.4 is 5.73 Å². The lowest BCUT2D eigenvalue weighted by molar-refractivity contribution is -0.141. The highest BCUT2D eigenvalue weighted by Gasteiger charge is 2.13. The van der Waals surface area contributed by atoms with Crippen LogP contribution in [-0.2, 0) is 15.3 Å². The SMILES string of the molecule is COC(=O)C(N)CSCc1ccc(Cl)c(F)c1. The first-order valence-corrected chi connectivity index (χ1v) is 6.43. The maximum atomic E-state index is 13.1. The van der Waals surface area contributed by atoms with Crippen LogP contribution in [-0.4, -0.2) is 24.9 Å². The van der Waals surface area contributed by atoms with Crippen molar-refractivity contribution in [2.24, 2.45) is 5.73 Å². The van der Waals surface area contributed by atoms with Crippen LogP contribution in [0.15, 0.2) is 18.2 Å². The van der Waals surface area contributed by atoms with E-state index in [-0.39, 0.29) is 5.02 Å². The minimum absolute atomic E-state index is 0.102. The summed E-state index contributed by atoms with van der Waals surface area (Å²) in [6.45, 7) is 0. The first-order valence-electron chi connectivity index (χ1n) is 4.89. The van der Waals surface area contributed by atoms with Crippen LogP contribution in [0.4, 0.5) is 4.39 Å². The maximum Gasteiger partial charge on any atom is 0.323 e. The van der Waals surface area contributed by atoms with Gasteiger partial charge in [0.25, 0.3) is 0 Å². The minimum Gasteiger partial charge on any atom is -0.468 e. The molecule has 94 valence electrons. The Bertz CT molecular complexity index is 403. The van der Waals surface area contributed by atoms with Crippen LogP contribution in [0.1, 0.15) is 5.56 Å². The van der Waals surface area contributed by atoms with Gasteiger partial charge < -0.3 is 10.5 Å². The molecule has 1 atom stereocenters. The molecule has 0 bridgehead atoms. The molecule has 2 N–H and O–H groups in total. The number of thioether (sulfide) groups is 1. The lowest BCUT2D eigenvalue weighted by Crippen LogP contribution is -2.33. The van der Waals surface area contributed by atoms with E-state index in [1.54, 1.807) is 6.07 Å². The van der Waals surface area contributed by atoms with E-state index < -0.39 is 17.8 Å². The zero-order valence-corrected chi connectivity index (χ0v) is 10.9. The Morgan fingerprint density at radius 1 is 1.65 bits per heavy atom. The van der Waals surface area contributed by atoms with E-state index in [1.807, 2.05) is 0 Å². The average Bonchev–Trinajstić information content (AvgIpc) is 2.32. The summed E-state index contributed by atoms with van der Waals surface area (Å²) >= 11 is 7.00. The fraction of sp³-hybridized carbons (Fsp3) is 0.364. The third-order valence-electron chi connectivity index (χ3n) is 2.05. The summed E-state index contributed by atoms with van der Waals surface area (Å²) in [5.41, 5.74) is 6.36. The lowest BCUT2D eigenvalue weighted by atomic mass is 10.2. The van der Waals surface area contributed by atoms with Gasteiger partial charge in [-0.25, -0.2) is 4.39 Å². The van der Waals surface area contributed by atoms with Crippen molar-refractivity contribution in [3.05, 3.63) is 34.6 Å². The average molecular weight is 278 g/mol.